The maximum Gasteiger partial charge on any atom is 0.397 e. The lowest BCUT2D eigenvalue weighted by Crippen LogP contribution is -2.30. The summed E-state index contributed by atoms with van der Waals surface area (Å²) in [7, 11) is -2.93. The van der Waals surface area contributed by atoms with E-state index in [1.807, 2.05) is 12.1 Å². The number of hydrogen-bond donors (Lipinski definition) is 1. The monoisotopic (exact) mass is 301 g/mol. The first-order chi connectivity index (χ1) is 9.20. The summed E-state index contributed by atoms with van der Waals surface area (Å²) >= 11 is 0. The Morgan fingerprint density at radius 1 is 1.30 bits per heavy atom. The summed E-state index contributed by atoms with van der Waals surface area (Å²) in [5.74, 6) is 0.152. The molecule has 0 saturated heterocycles. The molecule has 0 bridgehead atoms. The van der Waals surface area contributed by atoms with Crippen LogP contribution in [0.25, 0.3) is 0 Å². The van der Waals surface area contributed by atoms with Crippen molar-refractivity contribution in [2.75, 3.05) is 20.2 Å². The van der Waals surface area contributed by atoms with Gasteiger partial charge in [0.15, 0.2) is 0 Å². The van der Waals surface area contributed by atoms with E-state index in [4.69, 9.17) is 4.55 Å². The zero-order chi connectivity index (χ0) is 15.3. The average Bonchev–Trinajstić information content (AvgIpc) is 2.36. The summed E-state index contributed by atoms with van der Waals surface area (Å²) in [4.78, 5) is 13.4. The topological polar surface area (TPSA) is 83.9 Å². The van der Waals surface area contributed by atoms with E-state index in [0.29, 0.717) is 11.5 Å². The van der Waals surface area contributed by atoms with Crippen LogP contribution in [-0.2, 0) is 14.6 Å². The van der Waals surface area contributed by atoms with Crippen LogP contribution in [0.4, 0.5) is 0 Å². The number of carbonyl (C=O) groups excluding carboxylic acids is 1. The van der Waals surface area contributed by atoms with Crippen LogP contribution in [0.2, 0.25) is 0 Å². The summed E-state index contributed by atoms with van der Waals surface area (Å²) in [5.41, 5.74) is 1.66. The predicted molar refractivity (Wildman–Crippen MR) is 75.0 cm³/mol. The first-order valence-corrected chi connectivity index (χ1v) is 7.54. The Kier molecular flexibility index (Phi) is 5.67. The lowest BCUT2D eigenvalue weighted by Gasteiger charge is -2.17. The number of amides is 1. The molecule has 0 atom stereocenters. The zero-order valence-corrected chi connectivity index (χ0v) is 12.6. The Bertz CT molecular complexity index is 551. The van der Waals surface area contributed by atoms with Gasteiger partial charge in [-0.15, -0.1) is 0 Å². The van der Waals surface area contributed by atoms with E-state index in [2.05, 4.69) is 18.0 Å². The molecule has 1 aromatic carbocycles. The molecule has 20 heavy (non-hydrogen) atoms. The van der Waals surface area contributed by atoms with Gasteiger partial charge in [-0.1, -0.05) is 26.0 Å². The highest BCUT2D eigenvalue weighted by atomic mass is 32.3. The van der Waals surface area contributed by atoms with Crippen LogP contribution in [0.1, 0.15) is 35.7 Å². The van der Waals surface area contributed by atoms with Gasteiger partial charge < -0.3 is 4.90 Å². The molecule has 0 saturated carbocycles. The standard InChI is InChI=1S/C13H19NO5S/c1-10(2)11-4-6-12(7-5-11)13(15)14(3)8-9-19-20(16,17)18/h4-7,10H,8-9H2,1-3H3,(H,16,17,18). The highest BCUT2D eigenvalue weighted by Gasteiger charge is 2.13. The second kappa shape index (κ2) is 6.83. The highest BCUT2D eigenvalue weighted by molar-refractivity contribution is 7.80. The molecule has 6 nitrogen and oxygen atoms in total. The fourth-order valence-corrected chi connectivity index (χ4v) is 1.90. The molecule has 0 radical (unpaired) electrons. The maximum atomic E-state index is 12.0. The molecule has 7 heteroatoms. The number of carbonyl (C=O) groups is 1. The minimum Gasteiger partial charge on any atom is -0.339 e. The quantitative estimate of drug-likeness (QED) is 0.808. The lowest BCUT2D eigenvalue weighted by molar-refractivity contribution is 0.0771. The van der Waals surface area contributed by atoms with E-state index in [-0.39, 0.29) is 19.1 Å². The molecule has 0 aliphatic rings. The number of likely N-dealkylation sites (N-methyl/N-ethyl adjacent to an activating group) is 1. The summed E-state index contributed by atoms with van der Waals surface area (Å²) < 4.78 is 33.4. The second-order valence-electron chi connectivity index (χ2n) is 4.75. The van der Waals surface area contributed by atoms with Crippen molar-refractivity contribution >= 4 is 16.3 Å². The largest absolute Gasteiger partial charge is 0.397 e. The van der Waals surface area contributed by atoms with Crippen molar-refractivity contribution in [1.82, 2.24) is 4.90 Å². The number of hydrogen-bond acceptors (Lipinski definition) is 4. The Morgan fingerprint density at radius 2 is 1.85 bits per heavy atom. The van der Waals surface area contributed by atoms with Gasteiger partial charge >= 0.3 is 10.4 Å². The van der Waals surface area contributed by atoms with Gasteiger partial charge in [0, 0.05) is 19.2 Å². The molecule has 1 amide bonds. The lowest BCUT2D eigenvalue weighted by atomic mass is 10.0. The molecular weight excluding hydrogens is 282 g/mol. The normalized spacial score (nSPS) is 11.7. The highest BCUT2D eigenvalue weighted by Crippen LogP contribution is 2.15. The van der Waals surface area contributed by atoms with Crippen molar-refractivity contribution in [2.45, 2.75) is 19.8 Å². The van der Waals surface area contributed by atoms with Crippen LogP contribution in [0.3, 0.4) is 0 Å². The molecule has 112 valence electrons. The van der Waals surface area contributed by atoms with Gasteiger partial charge in [-0.05, 0) is 23.6 Å². The fraction of sp³-hybridized carbons (Fsp3) is 0.462. The van der Waals surface area contributed by atoms with Crippen molar-refractivity contribution in [3.8, 4) is 0 Å². The molecule has 1 N–H and O–H groups in total. The van der Waals surface area contributed by atoms with Crippen LogP contribution in [0, 0.1) is 0 Å². The molecule has 0 fully saturated rings. The van der Waals surface area contributed by atoms with Crippen molar-refractivity contribution in [3.05, 3.63) is 35.4 Å². The average molecular weight is 301 g/mol. The van der Waals surface area contributed by atoms with E-state index >= 15 is 0 Å². The third-order valence-electron chi connectivity index (χ3n) is 2.83. The van der Waals surface area contributed by atoms with E-state index in [9.17, 15) is 13.2 Å². The molecule has 0 spiro atoms. The molecule has 1 aromatic rings. The Labute approximate surface area is 119 Å². The van der Waals surface area contributed by atoms with Gasteiger partial charge in [0.25, 0.3) is 5.91 Å². The summed E-state index contributed by atoms with van der Waals surface area (Å²) in [6.07, 6.45) is 0. The van der Waals surface area contributed by atoms with Crippen LogP contribution in [0.15, 0.2) is 24.3 Å². The van der Waals surface area contributed by atoms with Gasteiger partial charge in [0.2, 0.25) is 0 Å². The summed E-state index contributed by atoms with van der Waals surface area (Å²) in [6, 6.07) is 7.25. The fourth-order valence-electron chi connectivity index (χ4n) is 1.61. The van der Waals surface area contributed by atoms with E-state index in [0.717, 1.165) is 5.56 Å². The molecule has 0 heterocycles. The second-order valence-corrected chi connectivity index (χ2v) is 5.84. The number of benzene rings is 1. The smallest absolute Gasteiger partial charge is 0.339 e. The van der Waals surface area contributed by atoms with Gasteiger partial charge in [0.1, 0.15) is 0 Å². The Balaban J connectivity index is 2.60. The maximum absolute atomic E-state index is 12.0. The molecule has 0 aromatic heterocycles. The van der Waals surface area contributed by atoms with Crippen molar-refractivity contribution in [2.24, 2.45) is 0 Å². The molecule has 0 aliphatic carbocycles. The molecule has 0 aliphatic heterocycles. The Morgan fingerprint density at radius 3 is 2.30 bits per heavy atom. The first-order valence-electron chi connectivity index (χ1n) is 6.18. The van der Waals surface area contributed by atoms with Crippen LogP contribution < -0.4 is 0 Å². The van der Waals surface area contributed by atoms with Crippen LogP contribution in [0.5, 0.6) is 0 Å². The number of rotatable bonds is 6. The minimum atomic E-state index is -4.46. The van der Waals surface area contributed by atoms with Gasteiger partial charge in [-0.2, -0.15) is 8.42 Å². The number of nitrogens with zero attached hydrogens (tertiary/aromatic N) is 1. The van der Waals surface area contributed by atoms with Crippen molar-refractivity contribution in [3.63, 3.8) is 0 Å². The minimum absolute atomic E-state index is 0.0601. The SMILES string of the molecule is CC(C)c1ccc(C(=O)N(C)CCOS(=O)(=O)O)cc1. The third-order valence-corrected chi connectivity index (χ3v) is 3.29. The van der Waals surface area contributed by atoms with Gasteiger partial charge in [-0.3, -0.25) is 9.35 Å². The predicted octanol–water partition coefficient (Wildman–Crippen LogP) is 1.70. The van der Waals surface area contributed by atoms with E-state index in [1.54, 1.807) is 12.1 Å². The van der Waals surface area contributed by atoms with Crippen molar-refractivity contribution in [1.29, 1.82) is 0 Å². The Hall–Kier alpha value is -1.44. The molecular formula is C13H19NO5S. The van der Waals surface area contributed by atoms with Crippen LogP contribution in [-0.4, -0.2) is 44.0 Å². The van der Waals surface area contributed by atoms with Gasteiger partial charge in [0.05, 0.1) is 6.61 Å². The molecule has 0 unspecified atom stereocenters. The zero-order valence-electron chi connectivity index (χ0n) is 11.7. The third kappa shape index (κ3) is 5.28. The summed E-state index contributed by atoms with van der Waals surface area (Å²) in [5, 5.41) is 0. The van der Waals surface area contributed by atoms with Crippen molar-refractivity contribution < 1.29 is 21.9 Å². The van der Waals surface area contributed by atoms with E-state index in [1.165, 1.54) is 11.9 Å². The summed E-state index contributed by atoms with van der Waals surface area (Å²) in [6.45, 7) is 3.90. The first kappa shape index (κ1) is 16.6. The molecule has 1 rings (SSSR count). The van der Waals surface area contributed by atoms with Gasteiger partial charge in [-0.25, -0.2) is 4.18 Å². The van der Waals surface area contributed by atoms with E-state index < -0.39 is 10.4 Å². The van der Waals surface area contributed by atoms with Crippen LogP contribution >= 0.6 is 0 Å².